The molecule has 5 rings (SSSR count). The van der Waals surface area contributed by atoms with Crippen LogP contribution in [-0.4, -0.2) is 32.9 Å². The van der Waals surface area contributed by atoms with Crippen molar-refractivity contribution in [3.63, 3.8) is 0 Å². The van der Waals surface area contributed by atoms with Gasteiger partial charge in [-0.1, -0.05) is 12.1 Å². The van der Waals surface area contributed by atoms with E-state index in [1.165, 1.54) is 5.56 Å². The SMILES string of the molecule is Cc1cccc(N(C)c2ccc3c(C4=Cc5nccc(C(=O)O)c5C4)nn(C)c3c2)c1. The van der Waals surface area contributed by atoms with Gasteiger partial charge in [0, 0.05) is 43.5 Å². The summed E-state index contributed by atoms with van der Waals surface area (Å²) in [6, 6.07) is 16.3. The number of anilines is 2. The highest BCUT2D eigenvalue weighted by Gasteiger charge is 2.24. The lowest BCUT2D eigenvalue weighted by atomic mass is 10.0. The molecule has 2 heterocycles. The van der Waals surface area contributed by atoms with E-state index in [9.17, 15) is 9.90 Å². The Kier molecular flexibility index (Phi) is 4.36. The molecule has 0 bridgehead atoms. The number of carboxylic acids is 1. The Labute approximate surface area is 180 Å². The Morgan fingerprint density at radius 2 is 1.94 bits per heavy atom. The van der Waals surface area contributed by atoms with Gasteiger partial charge in [-0.3, -0.25) is 9.67 Å². The van der Waals surface area contributed by atoms with Crippen molar-refractivity contribution in [3.05, 3.63) is 82.8 Å². The molecule has 0 radical (unpaired) electrons. The molecule has 0 amide bonds. The van der Waals surface area contributed by atoms with Crippen molar-refractivity contribution in [2.75, 3.05) is 11.9 Å². The highest BCUT2D eigenvalue weighted by Crippen LogP contribution is 2.36. The van der Waals surface area contributed by atoms with E-state index in [2.05, 4.69) is 66.3 Å². The normalized spacial score (nSPS) is 12.7. The van der Waals surface area contributed by atoms with E-state index in [1.807, 2.05) is 17.8 Å². The van der Waals surface area contributed by atoms with E-state index in [4.69, 9.17) is 5.10 Å². The number of hydrogen-bond acceptors (Lipinski definition) is 4. The van der Waals surface area contributed by atoms with Crippen LogP contribution in [0.2, 0.25) is 0 Å². The van der Waals surface area contributed by atoms with Gasteiger partial charge in [-0.2, -0.15) is 5.10 Å². The number of fused-ring (bicyclic) bond motifs is 2. The number of hydrogen-bond donors (Lipinski definition) is 1. The Morgan fingerprint density at radius 3 is 2.71 bits per heavy atom. The topological polar surface area (TPSA) is 71.2 Å². The number of aryl methyl sites for hydroxylation is 2. The van der Waals surface area contributed by atoms with Crippen LogP contribution in [-0.2, 0) is 13.5 Å². The lowest BCUT2D eigenvalue weighted by Crippen LogP contribution is -2.09. The third kappa shape index (κ3) is 3.17. The fraction of sp³-hybridized carbons (Fsp3) is 0.160. The second-order valence-electron chi connectivity index (χ2n) is 7.95. The molecule has 2 aromatic carbocycles. The van der Waals surface area contributed by atoms with Crippen molar-refractivity contribution in [2.45, 2.75) is 13.3 Å². The maximum atomic E-state index is 11.6. The molecule has 4 aromatic rings. The quantitative estimate of drug-likeness (QED) is 0.521. The molecule has 1 N–H and O–H groups in total. The van der Waals surface area contributed by atoms with Crippen LogP contribution >= 0.6 is 0 Å². The molecular weight excluding hydrogens is 388 g/mol. The lowest BCUT2D eigenvalue weighted by molar-refractivity contribution is 0.0695. The number of aromatic nitrogens is 3. The smallest absolute Gasteiger partial charge is 0.336 e. The summed E-state index contributed by atoms with van der Waals surface area (Å²) in [6.45, 7) is 2.09. The molecule has 154 valence electrons. The fourth-order valence-electron chi connectivity index (χ4n) is 4.25. The van der Waals surface area contributed by atoms with Gasteiger partial charge in [-0.15, -0.1) is 0 Å². The second-order valence-corrected chi connectivity index (χ2v) is 7.95. The van der Waals surface area contributed by atoms with Gasteiger partial charge in [0.2, 0.25) is 0 Å². The zero-order chi connectivity index (χ0) is 21.7. The van der Waals surface area contributed by atoms with Crippen LogP contribution in [0.15, 0.2) is 54.7 Å². The maximum absolute atomic E-state index is 11.6. The van der Waals surface area contributed by atoms with Gasteiger partial charge in [0.25, 0.3) is 0 Å². The number of rotatable bonds is 4. The first-order chi connectivity index (χ1) is 14.9. The molecule has 1 aliphatic rings. The van der Waals surface area contributed by atoms with E-state index < -0.39 is 5.97 Å². The van der Waals surface area contributed by atoms with Gasteiger partial charge >= 0.3 is 5.97 Å². The molecule has 0 unspecified atom stereocenters. The molecule has 0 spiro atoms. The third-order valence-corrected chi connectivity index (χ3v) is 5.91. The maximum Gasteiger partial charge on any atom is 0.336 e. The summed E-state index contributed by atoms with van der Waals surface area (Å²) in [4.78, 5) is 18.1. The molecule has 6 nitrogen and oxygen atoms in total. The predicted octanol–water partition coefficient (Wildman–Crippen LogP) is 4.84. The van der Waals surface area contributed by atoms with E-state index in [1.54, 1.807) is 12.3 Å². The van der Waals surface area contributed by atoms with Crippen molar-refractivity contribution in [1.82, 2.24) is 14.8 Å². The van der Waals surface area contributed by atoms with Crippen LogP contribution in [0.25, 0.3) is 22.6 Å². The number of aromatic carboxylic acids is 1. The largest absolute Gasteiger partial charge is 0.478 e. The third-order valence-electron chi connectivity index (χ3n) is 5.91. The first-order valence-corrected chi connectivity index (χ1v) is 10.1. The van der Waals surface area contributed by atoms with Crippen LogP contribution < -0.4 is 4.90 Å². The van der Waals surface area contributed by atoms with Crippen LogP contribution in [0.1, 0.15) is 32.9 Å². The number of nitrogens with zero attached hydrogens (tertiary/aromatic N) is 4. The number of carbonyl (C=O) groups is 1. The summed E-state index contributed by atoms with van der Waals surface area (Å²) in [6.07, 6.45) is 4.02. The van der Waals surface area contributed by atoms with E-state index in [0.717, 1.165) is 39.1 Å². The van der Waals surface area contributed by atoms with Gasteiger partial charge in [0.15, 0.2) is 0 Å². The Morgan fingerprint density at radius 1 is 1.13 bits per heavy atom. The number of pyridine rings is 1. The molecular formula is C25H22N4O2. The van der Waals surface area contributed by atoms with Crippen LogP contribution in [0.3, 0.4) is 0 Å². The highest BCUT2D eigenvalue weighted by atomic mass is 16.4. The molecule has 31 heavy (non-hydrogen) atoms. The standard InChI is InChI=1S/C25H22N4O2/c1-15-5-4-6-17(11-15)28(2)18-7-8-20-23(14-18)29(3)27-24(20)16-12-21-19(25(30)31)9-10-26-22(21)13-16/h4-11,13-14H,12H2,1-3H3,(H,30,31). The van der Waals surface area contributed by atoms with Crippen LogP contribution in [0.4, 0.5) is 11.4 Å². The minimum absolute atomic E-state index is 0.304. The van der Waals surface area contributed by atoms with Gasteiger partial charge in [0.05, 0.1) is 22.5 Å². The Hall–Kier alpha value is -3.93. The molecule has 0 saturated carbocycles. The fourth-order valence-corrected chi connectivity index (χ4v) is 4.25. The summed E-state index contributed by atoms with van der Waals surface area (Å²) in [5.74, 6) is -0.928. The summed E-state index contributed by atoms with van der Waals surface area (Å²) in [5.41, 5.74) is 8.07. The minimum atomic E-state index is -0.928. The molecule has 0 saturated heterocycles. The van der Waals surface area contributed by atoms with Crippen molar-refractivity contribution < 1.29 is 9.90 Å². The first kappa shape index (κ1) is 19.1. The average molecular weight is 410 g/mol. The average Bonchev–Trinajstić information content (AvgIpc) is 3.33. The lowest BCUT2D eigenvalue weighted by Gasteiger charge is -2.20. The zero-order valence-electron chi connectivity index (χ0n) is 17.6. The molecule has 2 aromatic heterocycles. The number of allylic oxidation sites excluding steroid dienone is 1. The second kappa shape index (κ2) is 7.09. The van der Waals surface area contributed by atoms with E-state index >= 15 is 0 Å². The molecule has 0 aliphatic heterocycles. The van der Waals surface area contributed by atoms with Crippen LogP contribution in [0.5, 0.6) is 0 Å². The zero-order valence-corrected chi connectivity index (χ0v) is 17.6. The van der Waals surface area contributed by atoms with Gasteiger partial charge < -0.3 is 10.0 Å². The Balaban J connectivity index is 1.54. The van der Waals surface area contributed by atoms with E-state index in [0.29, 0.717) is 17.7 Å². The van der Waals surface area contributed by atoms with Crippen molar-refractivity contribution in [3.8, 4) is 0 Å². The van der Waals surface area contributed by atoms with E-state index in [-0.39, 0.29) is 0 Å². The summed E-state index contributed by atoms with van der Waals surface area (Å²) in [5, 5.41) is 15.3. The van der Waals surface area contributed by atoms with Gasteiger partial charge in [-0.05, 0) is 66.1 Å². The molecule has 0 fully saturated rings. The van der Waals surface area contributed by atoms with Crippen molar-refractivity contribution in [2.24, 2.45) is 7.05 Å². The van der Waals surface area contributed by atoms with Gasteiger partial charge in [-0.25, -0.2) is 4.79 Å². The summed E-state index contributed by atoms with van der Waals surface area (Å²) < 4.78 is 1.88. The number of benzene rings is 2. The van der Waals surface area contributed by atoms with Crippen LogP contribution in [0, 0.1) is 6.92 Å². The van der Waals surface area contributed by atoms with Gasteiger partial charge in [0.1, 0.15) is 0 Å². The minimum Gasteiger partial charge on any atom is -0.478 e. The van der Waals surface area contributed by atoms with Crippen molar-refractivity contribution >= 4 is 39.9 Å². The van der Waals surface area contributed by atoms with Crippen molar-refractivity contribution in [1.29, 1.82) is 0 Å². The number of carboxylic acid groups (broad SMARTS) is 1. The molecule has 1 aliphatic carbocycles. The monoisotopic (exact) mass is 410 g/mol. The predicted molar refractivity (Wildman–Crippen MR) is 123 cm³/mol. The first-order valence-electron chi connectivity index (χ1n) is 10.1. The molecule has 6 heteroatoms. The molecule has 0 atom stereocenters. The highest BCUT2D eigenvalue weighted by molar-refractivity contribution is 6.01. The summed E-state index contributed by atoms with van der Waals surface area (Å²) >= 11 is 0. The Bertz CT molecular complexity index is 1380. The summed E-state index contributed by atoms with van der Waals surface area (Å²) in [7, 11) is 3.99.